The second-order valence-corrected chi connectivity index (χ2v) is 8.08. The third-order valence-electron chi connectivity index (χ3n) is 5.37. The Hall–Kier alpha value is -2.11. The van der Waals surface area contributed by atoms with Gasteiger partial charge in [-0.3, -0.25) is 4.79 Å². The van der Waals surface area contributed by atoms with Crippen LogP contribution in [-0.2, 0) is 35.1 Å². The maximum atomic E-state index is 12.0. The van der Waals surface area contributed by atoms with Gasteiger partial charge in [0.25, 0.3) is 0 Å². The van der Waals surface area contributed by atoms with Crippen molar-refractivity contribution >= 4 is 5.97 Å². The first kappa shape index (κ1) is 25.2. The second kappa shape index (κ2) is 11.5. The molecule has 0 N–H and O–H groups in total. The summed E-state index contributed by atoms with van der Waals surface area (Å²) in [5.74, 6) is 2.00. The molecule has 172 valence electrons. The van der Waals surface area contributed by atoms with Crippen LogP contribution in [0.1, 0.15) is 39.2 Å². The van der Waals surface area contributed by atoms with Gasteiger partial charge in [-0.25, -0.2) is 0 Å². The minimum Gasteiger partial charge on any atom is -0.497 e. The molecule has 1 heterocycles. The molecule has 0 spiro atoms. The molecular formula is C24H34O7. The first-order chi connectivity index (χ1) is 14.7. The van der Waals surface area contributed by atoms with E-state index in [1.165, 1.54) is 7.11 Å². The van der Waals surface area contributed by atoms with Crippen LogP contribution in [0.15, 0.2) is 24.3 Å². The molecule has 31 heavy (non-hydrogen) atoms. The summed E-state index contributed by atoms with van der Waals surface area (Å²) in [6.45, 7) is 5.98. The Morgan fingerprint density at radius 2 is 1.87 bits per heavy atom. The fraction of sp³-hybridized carbons (Fsp3) is 0.625. The van der Waals surface area contributed by atoms with Crippen LogP contribution in [0, 0.1) is 18.3 Å². The molecule has 1 fully saturated rings. The molecule has 7 heteroatoms. The minimum atomic E-state index is -0.756. The van der Waals surface area contributed by atoms with E-state index in [0.29, 0.717) is 13.0 Å². The SMILES string of the molecule is C#CC[C@H](CC(=O)OC)[C@H](OC)[C@@H](OCc1ccc(OC)cc1)[C@H]1OC(C)(C)O[C@@H]1C. The van der Waals surface area contributed by atoms with E-state index in [1.54, 1.807) is 14.2 Å². The van der Waals surface area contributed by atoms with Gasteiger partial charge in [-0.05, 0) is 38.5 Å². The number of ether oxygens (including phenoxy) is 6. The highest BCUT2D eigenvalue weighted by Gasteiger charge is 2.48. The van der Waals surface area contributed by atoms with Crippen LogP contribution >= 0.6 is 0 Å². The molecule has 5 atom stereocenters. The monoisotopic (exact) mass is 434 g/mol. The third kappa shape index (κ3) is 6.94. The summed E-state index contributed by atoms with van der Waals surface area (Å²) in [7, 11) is 4.56. The average molecular weight is 435 g/mol. The number of hydrogen-bond donors (Lipinski definition) is 0. The number of terminal acetylenes is 1. The van der Waals surface area contributed by atoms with Crippen molar-refractivity contribution in [3.8, 4) is 18.1 Å². The van der Waals surface area contributed by atoms with Crippen molar-refractivity contribution in [2.75, 3.05) is 21.3 Å². The number of carbonyl (C=O) groups is 1. The number of rotatable bonds is 11. The van der Waals surface area contributed by atoms with Gasteiger partial charge in [0.05, 0.1) is 39.5 Å². The fourth-order valence-electron chi connectivity index (χ4n) is 3.94. The zero-order chi connectivity index (χ0) is 23.0. The van der Waals surface area contributed by atoms with Gasteiger partial charge in [0.15, 0.2) is 5.79 Å². The second-order valence-electron chi connectivity index (χ2n) is 8.08. The Kier molecular flexibility index (Phi) is 9.32. The summed E-state index contributed by atoms with van der Waals surface area (Å²) < 4.78 is 34.4. The van der Waals surface area contributed by atoms with Gasteiger partial charge in [-0.15, -0.1) is 12.3 Å². The van der Waals surface area contributed by atoms with Crippen molar-refractivity contribution in [3.63, 3.8) is 0 Å². The zero-order valence-corrected chi connectivity index (χ0v) is 19.3. The first-order valence-corrected chi connectivity index (χ1v) is 10.4. The van der Waals surface area contributed by atoms with Gasteiger partial charge in [-0.2, -0.15) is 0 Å². The molecule has 0 aromatic heterocycles. The van der Waals surface area contributed by atoms with Crippen molar-refractivity contribution in [3.05, 3.63) is 29.8 Å². The van der Waals surface area contributed by atoms with Crippen LogP contribution in [-0.4, -0.2) is 57.5 Å². The Bertz CT molecular complexity index is 737. The molecular weight excluding hydrogens is 400 g/mol. The summed E-state index contributed by atoms with van der Waals surface area (Å²) in [5.41, 5.74) is 0.966. The maximum absolute atomic E-state index is 12.0. The summed E-state index contributed by atoms with van der Waals surface area (Å²) in [6.07, 6.45) is 4.37. The standard InChI is InChI=1S/C24H34O7/c1-8-9-18(14-20(25)27-6)22(28-7)23(21-16(2)30-24(3,4)31-21)29-15-17-10-12-19(26-5)13-11-17/h1,10-13,16,18,21-23H,9,14-15H2,2-7H3/t16-,18-,21+,22+,23+/m1/s1. The molecule has 0 radical (unpaired) electrons. The van der Waals surface area contributed by atoms with E-state index in [0.717, 1.165) is 11.3 Å². The first-order valence-electron chi connectivity index (χ1n) is 10.4. The number of methoxy groups -OCH3 is 3. The third-order valence-corrected chi connectivity index (χ3v) is 5.37. The molecule has 0 saturated carbocycles. The quantitative estimate of drug-likeness (QED) is 0.391. The van der Waals surface area contributed by atoms with Crippen LogP contribution in [0.5, 0.6) is 5.75 Å². The van der Waals surface area contributed by atoms with Gasteiger partial charge < -0.3 is 28.4 Å². The van der Waals surface area contributed by atoms with Crippen LogP contribution in [0.2, 0.25) is 0 Å². The molecule has 2 rings (SSSR count). The zero-order valence-electron chi connectivity index (χ0n) is 19.3. The van der Waals surface area contributed by atoms with E-state index in [-0.39, 0.29) is 24.4 Å². The van der Waals surface area contributed by atoms with E-state index in [4.69, 9.17) is 34.8 Å². The molecule has 0 unspecified atom stereocenters. The van der Waals surface area contributed by atoms with E-state index in [9.17, 15) is 4.79 Å². The summed E-state index contributed by atoms with van der Waals surface area (Å²) >= 11 is 0. The Balaban J connectivity index is 2.29. The minimum absolute atomic E-state index is 0.118. The van der Waals surface area contributed by atoms with E-state index in [1.807, 2.05) is 45.0 Å². The van der Waals surface area contributed by atoms with E-state index < -0.39 is 24.1 Å². The topological polar surface area (TPSA) is 72.5 Å². The molecule has 1 saturated heterocycles. The predicted molar refractivity (Wildman–Crippen MR) is 115 cm³/mol. The molecule has 0 bridgehead atoms. The highest BCUT2D eigenvalue weighted by molar-refractivity contribution is 5.69. The molecule has 1 aromatic rings. The van der Waals surface area contributed by atoms with Gasteiger partial charge >= 0.3 is 5.97 Å². The summed E-state index contributed by atoms with van der Waals surface area (Å²) in [6, 6.07) is 7.62. The summed E-state index contributed by atoms with van der Waals surface area (Å²) in [4.78, 5) is 12.0. The molecule has 7 nitrogen and oxygen atoms in total. The number of benzene rings is 1. The Morgan fingerprint density at radius 3 is 2.35 bits per heavy atom. The van der Waals surface area contributed by atoms with Crippen molar-refractivity contribution in [1.82, 2.24) is 0 Å². The predicted octanol–water partition coefficient (Wildman–Crippen LogP) is 3.34. The van der Waals surface area contributed by atoms with Gasteiger partial charge in [0.2, 0.25) is 0 Å². The smallest absolute Gasteiger partial charge is 0.305 e. The molecule has 1 aromatic carbocycles. The van der Waals surface area contributed by atoms with Gasteiger partial charge in [0.1, 0.15) is 18.0 Å². The van der Waals surface area contributed by atoms with E-state index in [2.05, 4.69) is 5.92 Å². The highest BCUT2D eigenvalue weighted by atomic mass is 16.8. The number of hydrogen-bond acceptors (Lipinski definition) is 7. The van der Waals surface area contributed by atoms with Crippen LogP contribution in [0.25, 0.3) is 0 Å². The highest BCUT2D eigenvalue weighted by Crippen LogP contribution is 2.35. The van der Waals surface area contributed by atoms with Crippen LogP contribution in [0.4, 0.5) is 0 Å². The van der Waals surface area contributed by atoms with Crippen LogP contribution < -0.4 is 4.74 Å². The van der Waals surface area contributed by atoms with Crippen molar-refractivity contribution < 1.29 is 33.2 Å². The molecule has 0 amide bonds. The van der Waals surface area contributed by atoms with Crippen LogP contribution in [0.3, 0.4) is 0 Å². The Labute approximate surface area is 185 Å². The lowest BCUT2D eigenvalue weighted by atomic mass is 9.88. The van der Waals surface area contributed by atoms with Crippen molar-refractivity contribution in [2.45, 2.75) is 70.4 Å². The van der Waals surface area contributed by atoms with Crippen molar-refractivity contribution in [2.24, 2.45) is 5.92 Å². The normalized spacial score (nSPS) is 22.9. The molecule has 1 aliphatic heterocycles. The molecule has 0 aliphatic carbocycles. The van der Waals surface area contributed by atoms with Crippen molar-refractivity contribution in [1.29, 1.82) is 0 Å². The lowest BCUT2D eigenvalue weighted by molar-refractivity contribution is -0.182. The number of carbonyl (C=O) groups excluding carboxylic acids is 1. The largest absolute Gasteiger partial charge is 0.497 e. The number of esters is 1. The molecule has 1 aliphatic rings. The Morgan fingerprint density at radius 1 is 1.19 bits per heavy atom. The lowest BCUT2D eigenvalue weighted by Crippen LogP contribution is -2.48. The lowest BCUT2D eigenvalue weighted by Gasteiger charge is -2.35. The maximum Gasteiger partial charge on any atom is 0.305 e. The summed E-state index contributed by atoms with van der Waals surface area (Å²) in [5, 5.41) is 0. The average Bonchev–Trinajstić information content (AvgIpc) is 3.03. The van der Waals surface area contributed by atoms with Gasteiger partial charge in [-0.1, -0.05) is 12.1 Å². The van der Waals surface area contributed by atoms with E-state index >= 15 is 0 Å². The fourth-order valence-corrected chi connectivity index (χ4v) is 3.94. The van der Waals surface area contributed by atoms with Gasteiger partial charge in [0, 0.05) is 19.4 Å².